The predicted octanol–water partition coefficient (Wildman–Crippen LogP) is 2.37. The van der Waals surface area contributed by atoms with E-state index in [2.05, 4.69) is 29.3 Å². The lowest BCUT2D eigenvalue weighted by Crippen LogP contribution is -2.54. The van der Waals surface area contributed by atoms with Gasteiger partial charge in [-0.05, 0) is 74.8 Å². The second kappa shape index (κ2) is 11.0. The zero-order valence-corrected chi connectivity index (χ0v) is 21.5. The Morgan fingerprint density at radius 3 is 2.44 bits per heavy atom. The van der Waals surface area contributed by atoms with Gasteiger partial charge in [0.1, 0.15) is 30.9 Å². The number of carbonyl (C=O) groups excluding carboxylic acids is 3. The first kappa shape index (κ1) is 25.4. The number of hydrogen-bond donors (Lipinski definition) is 1. The molecule has 4 fully saturated rings. The Bertz CT molecular complexity index is 952. The van der Waals surface area contributed by atoms with Crippen molar-refractivity contribution in [3.05, 3.63) is 35.4 Å². The van der Waals surface area contributed by atoms with Crippen molar-refractivity contribution in [1.29, 1.82) is 0 Å². The highest BCUT2D eigenvalue weighted by atomic mass is 16.5. The van der Waals surface area contributed by atoms with E-state index in [0.717, 1.165) is 58.2 Å². The molecule has 3 aliphatic heterocycles. The van der Waals surface area contributed by atoms with Gasteiger partial charge in [-0.3, -0.25) is 14.4 Å². The third-order valence-electron chi connectivity index (χ3n) is 8.83. The normalized spacial score (nSPS) is 28.4. The lowest BCUT2D eigenvalue weighted by atomic mass is 9.89. The fourth-order valence-electron chi connectivity index (χ4n) is 6.61. The number of benzene rings is 1. The molecule has 36 heavy (non-hydrogen) atoms. The van der Waals surface area contributed by atoms with E-state index in [1.165, 1.54) is 5.56 Å². The summed E-state index contributed by atoms with van der Waals surface area (Å²) in [5.41, 5.74) is 1.84. The van der Waals surface area contributed by atoms with Crippen LogP contribution in [-0.2, 0) is 19.1 Å². The maximum absolute atomic E-state index is 13.8. The lowest BCUT2D eigenvalue weighted by molar-refractivity contribution is -0.139. The maximum atomic E-state index is 13.8. The van der Waals surface area contributed by atoms with Crippen molar-refractivity contribution in [1.82, 2.24) is 15.1 Å². The van der Waals surface area contributed by atoms with Crippen LogP contribution < -0.4 is 5.32 Å². The standard InChI is InChI=1S/C28H39N3O5/c1-3-30-14-12-19(13-15-30)18-8-10-21(11-9-18)27(33)29-24(20-6-4-5-7-20)28(34)31-16-23(35-2)26-25(31)22(32)17-36-26/h8-11,19-20,23-26H,3-7,12-17H2,1-2H3,(H,29,33)/t23-,24+,25-,26-/m1/s1. The highest BCUT2D eigenvalue weighted by Crippen LogP contribution is 2.34. The number of nitrogens with zero attached hydrogens (tertiary/aromatic N) is 2. The van der Waals surface area contributed by atoms with Crippen molar-refractivity contribution in [3.63, 3.8) is 0 Å². The molecule has 1 aliphatic carbocycles. The molecule has 4 atom stereocenters. The number of methoxy groups -OCH3 is 1. The topological polar surface area (TPSA) is 88.2 Å². The van der Waals surface area contributed by atoms with Gasteiger partial charge in [0.2, 0.25) is 5.91 Å². The summed E-state index contributed by atoms with van der Waals surface area (Å²) in [7, 11) is 1.58. The minimum absolute atomic E-state index is 0.00322. The van der Waals surface area contributed by atoms with Crippen molar-refractivity contribution in [3.8, 4) is 0 Å². The summed E-state index contributed by atoms with van der Waals surface area (Å²) in [5, 5.41) is 3.06. The van der Waals surface area contributed by atoms with Gasteiger partial charge in [-0.15, -0.1) is 0 Å². The van der Waals surface area contributed by atoms with Gasteiger partial charge in [-0.2, -0.15) is 0 Å². The summed E-state index contributed by atoms with van der Waals surface area (Å²) in [6.07, 6.45) is 5.40. The van der Waals surface area contributed by atoms with Crippen molar-refractivity contribution in [2.24, 2.45) is 5.92 Å². The number of likely N-dealkylation sites (tertiary alicyclic amines) is 2. The fourth-order valence-corrected chi connectivity index (χ4v) is 6.61. The first-order valence-corrected chi connectivity index (χ1v) is 13.6. The third-order valence-corrected chi connectivity index (χ3v) is 8.83. The van der Waals surface area contributed by atoms with E-state index >= 15 is 0 Å². The number of amides is 2. The minimum Gasteiger partial charge on any atom is -0.377 e. The first-order chi connectivity index (χ1) is 17.5. The molecule has 2 amide bonds. The van der Waals surface area contributed by atoms with Crippen LogP contribution in [0.5, 0.6) is 0 Å². The second-order valence-corrected chi connectivity index (χ2v) is 10.8. The molecule has 1 N–H and O–H groups in total. The van der Waals surface area contributed by atoms with E-state index in [9.17, 15) is 14.4 Å². The summed E-state index contributed by atoms with van der Waals surface area (Å²) >= 11 is 0. The molecule has 8 heteroatoms. The second-order valence-electron chi connectivity index (χ2n) is 10.8. The molecule has 196 valence electrons. The van der Waals surface area contributed by atoms with Crippen LogP contribution in [0.2, 0.25) is 0 Å². The number of ether oxygens (including phenoxy) is 2. The van der Waals surface area contributed by atoms with Crippen LogP contribution >= 0.6 is 0 Å². The SMILES string of the molecule is CCN1CCC(c2ccc(C(=O)N[C@H](C(=O)N3C[C@@H](OC)[C@H]4OCC(=O)[C@H]43)C3CCCC3)cc2)CC1. The van der Waals surface area contributed by atoms with E-state index in [0.29, 0.717) is 18.0 Å². The Morgan fingerprint density at radius 1 is 1.11 bits per heavy atom. The molecule has 1 saturated carbocycles. The van der Waals surface area contributed by atoms with Crippen molar-refractivity contribution >= 4 is 17.6 Å². The van der Waals surface area contributed by atoms with E-state index < -0.39 is 18.2 Å². The number of piperidine rings is 1. The van der Waals surface area contributed by atoms with Crippen molar-refractivity contribution < 1.29 is 23.9 Å². The molecular weight excluding hydrogens is 458 g/mol. The molecule has 1 aromatic rings. The summed E-state index contributed by atoms with van der Waals surface area (Å²) in [6.45, 7) is 5.84. The van der Waals surface area contributed by atoms with E-state index in [1.807, 2.05) is 12.1 Å². The van der Waals surface area contributed by atoms with Gasteiger partial charge in [-0.1, -0.05) is 31.9 Å². The molecule has 3 heterocycles. The van der Waals surface area contributed by atoms with Gasteiger partial charge in [-0.25, -0.2) is 0 Å². The highest BCUT2D eigenvalue weighted by molar-refractivity contribution is 5.99. The number of nitrogens with one attached hydrogen (secondary N) is 1. The Morgan fingerprint density at radius 2 is 1.81 bits per heavy atom. The molecule has 5 rings (SSSR count). The van der Waals surface area contributed by atoms with Gasteiger partial charge >= 0.3 is 0 Å². The summed E-state index contributed by atoms with van der Waals surface area (Å²) < 4.78 is 11.2. The van der Waals surface area contributed by atoms with Crippen LogP contribution in [0.15, 0.2) is 24.3 Å². The van der Waals surface area contributed by atoms with Crippen molar-refractivity contribution in [2.75, 3.05) is 39.9 Å². The largest absolute Gasteiger partial charge is 0.377 e. The molecule has 3 saturated heterocycles. The third kappa shape index (κ3) is 4.95. The number of carbonyl (C=O) groups is 3. The molecule has 0 aromatic heterocycles. The van der Waals surface area contributed by atoms with E-state index in [4.69, 9.17) is 9.47 Å². The summed E-state index contributed by atoms with van der Waals surface area (Å²) in [6, 6.07) is 6.62. The number of ketones is 1. The number of Topliss-reactive ketones (excluding diaryl/α,β-unsaturated/α-hetero) is 1. The fraction of sp³-hybridized carbons (Fsp3) is 0.679. The predicted molar refractivity (Wildman–Crippen MR) is 135 cm³/mol. The van der Waals surface area contributed by atoms with Gasteiger partial charge in [0, 0.05) is 12.7 Å². The van der Waals surface area contributed by atoms with Gasteiger partial charge in [0.15, 0.2) is 5.78 Å². The van der Waals surface area contributed by atoms with Gasteiger partial charge in [0.25, 0.3) is 5.91 Å². The molecule has 8 nitrogen and oxygen atoms in total. The first-order valence-electron chi connectivity index (χ1n) is 13.6. The lowest BCUT2D eigenvalue weighted by Gasteiger charge is -2.31. The van der Waals surface area contributed by atoms with Crippen LogP contribution in [0.25, 0.3) is 0 Å². The Kier molecular flexibility index (Phi) is 7.74. The molecule has 4 aliphatic rings. The Balaban J connectivity index is 1.29. The van der Waals surface area contributed by atoms with Crippen LogP contribution in [0.4, 0.5) is 0 Å². The molecule has 0 spiro atoms. The van der Waals surface area contributed by atoms with Crippen LogP contribution in [-0.4, -0.2) is 91.6 Å². The zero-order chi connectivity index (χ0) is 25.2. The van der Waals surface area contributed by atoms with Crippen LogP contribution in [0.1, 0.15) is 67.3 Å². The van der Waals surface area contributed by atoms with Crippen LogP contribution in [0.3, 0.4) is 0 Å². The van der Waals surface area contributed by atoms with Gasteiger partial charge < -0.3 is 24.6 Å². The summed E-state index contributed by atoms with van der Waals surface area (Å²) in [5.74, 6) is 0.0797. The van der Waals surface area contributed by atoms with E-state index in [-0.39, 0.29) is 36.2 Å². The number of fused-ring (bicyclic) bond motifs is 1. The summed E-state index contributed by atoms with van der Waals surface area (Å²) in [4.78, 5) is 43.7. The van der Waals surface area contributed by atoms with E-state index in [1.54, 1.807) is 12.0 Å². The molecule has 1 aromatic carbocycles. The Labute approximate surface area is 213 Å². The number of rotatable bonds is 7. The maximum Gasteiger partial charge on any atom is 0.251 e. The zero-order valence-electron chi connectivity index (χ0n) is 21.5. The average Bonchev–Trinajstić information content (AvgIpc) is 3.66. The monoisotopic (exact) mass is 497 g/mol. The van der Waals surface area contributed by atoms with Gasteiger partial charge in [0.05, 0.1) is 6.54 Å². The van der Waals surface area contributed by atoms with Crippen LogP contribution in [0, 0.1) is 5.92 Å². The minimum atomic E-state index is -0.650. The molecule has 0 bridgehead atoms. The Hall–Kier alpha value is -2.29. The number of hydrogen-bond acceptors (Lipinski definition) is 6. The molecule has 0 radical (unpaired) electrons. The average molecular weight is 498 g/mol. The molecule has 0 unspecified atom stereocenters. The van der Waals surface area contributed by atoms with Crippen molar-refractivity contribution in [2.45, 2.75) is 75.7 Å². The highest BCUT2D eigenvalue weighted by Gasteiger charge is 2.54. The molecular formula is C28H39N3O5. The quantitative estimate of drug-likeness (QED) is 0.622. The smallest absolute Gasteiger partial charge is 0.251 e.